The molecule has 0 spiro atoms. The van der Waals surface area contributed by atoms with Crippen molar-refractivity contribution in [3.05, 3.63) is 29.3 Å². The first-order valence-electron chi connectivity index (χ1n) is 8.17. The van der Waals surface area contributed by atoms with Crippen LogP contribution >= 0.6 is 0 Å². The van der Waals surface area contributed by atoms with Gasteiger partial charge in [-0.2, -0.15) is 0 Å². The van der Waals surface area contributed by atoms with E-state index in [2.05, 4.69) is 23.1 Å². The maximum absolute atomic E-state index is 11.5. The van der Waals surface area contributed by atoms with Gasteiger partial charge in [-0.05, 0) is 54.9 Å². The summed E-state index contributed by atoms with van der Waals surface area (Å²) in [6.45, 7) is 0.918. The zero-order valence-corrected chi connectivity index (χ0v) is 12.7. The molecule has 2 bridgehead atoms. The van der Waals surface area contributed by atoms with Crippen molar-refractivity contribution in [3.63, 3.8) is 0 Å². The lowest BCUT2D eigenvalue weighted by Crippen LogP contribution is -2.60. The van der Waals surface area contributed by atoms with E-state index in [1.54, 1.807) is 7.11 Å². The maximum atomic E-state index is 11.5. The monoisotopic (exact) mass is 285 g/mol. The number of carbonyl (C=O) groups excluding carboxylic acids is 1. The SMILES string of the molecule is COc1ccc2c(c1)C13CCCCC1C(C2)N(C=O)CC3. The van der Waals surface area contributed by atoms with E-state index in [1.807, 2.05) is 0 Å². The third kappa shape index (κ3) is 1.76. The molecule has 21 heavy (non-hydrogen) atoms. The van der Waals surface area contributed by atoms with Gasteiger partial charge in [-0.1, -0.05) is 18.9 Å². The predicted molar refractivity (Wildman–Crippen MR) is 81.5 cm³/mol. The van der Waals surface area contributed by atoms with Crippen molar-refractivity contribution >= 4 is 6.41 Å². The molecule has 0 aromatic heterocycles. The number of hydrogen-bond donors (Lipinski definition) is 0. The molecule has 0 N–H and O–H groups in total. The summed E-state index contributed by atoms with van der Waals surface area (Å²) >= 11 is 0. The van der Waals surface area contributed by atoms with E-state index >= 15 is 0 Å². The van der Waals surface area contributed by atoms with Gasteiger partial charge in [0.05, 0.1) is 7.11 Å². The fraction of sp³-hybridized carbons (Fsp3) is 0.611. The van der Waals surface area contributed by atoms with Crippen molar-refractivity contribution in [2.75, 3.05) is 13.7 Å². The molecule has 3 nitrogen and oxygen atoms in total. The van der Waals surface area contributed by atoms with Crippen molar-refractivity contribution in [3.8, 4) is 5.75 Å². The Morgan fingerprint density at radius 1 is 1.33 bits per heavy atom. The van der Waals surface area contributed by atoms with Crippen molar-refractivity contribution in [2.24, 2.45) is 5.92 Å². The number of amides is 1. The Hall–Kier alpha value is -1.51. The molecule has 112 valence electrons. The van der Waals surface area contributed by atoms with Gasteiger partial charge in [0.2, 0.25) is 6.41 Å². The van der Waals surface area contributed by atoms with Crippen molar-refractivity contribution in [1.29, 1.82) is 0 Å². The zero-order valence-electron chi connectivity index (χ0n) is 12.7. The van der Waals surface area contributed by atoms with Gasteiger partial charge in [0.25, 0.3) is 0 Å². The van der Waals surface area contributed by atoms with Gasteiger partial charge in [0, 0.05) is 18.0 Å². The fourth-order valence-electron chi connectivity index (χ4n) is 5.27. The third-order valence-electron chi connectivity index (χ3n) is 6.22. The van der Waals surface area contributed by atoms with Gasteiger partial charge in [-0.15, -0.1) is 0 Å². The first kappa shape index (κ1) is 13.2. The van der Waals surface area contributed by atoms with Crippen LogP contribution in [0.15, 0.2) is 18.2 Å². The van der Waals surface area contributed by atoms with Gasteiger partial charge >= 0.3 is 0 Å². The van der Waals surface area contributed by atoms with E-state index in [-0.39, 0.29) is 0 Å². The highest BCUT2D eigenvalue weighted by Gasteiger charge is 2.53. The molecule has 1 aliphatic heterocycles. The molecule has 1 aromatic rings. The molecular formula is C18H23NO2. The number of ether oxygens (including phenoxy) is 1. The first-order valence-corrected chi connectivity index (χ1v) is 8.17. The van der Waals surface area contributed by atoms with Crippen LogP contribution in [0.4, 0.5) is 0 Å². The highest BCUT2D eigenvalue weighted by atomic mass is 16.5. The largest absolute Gasteiger partial charge is 0.497 e. The second kappa shape index (κ2) is 4.75. The van der Waals surface area contributed by atoms with Crippen LogP contribution in [0, 0.1) is 5.92 Å². The molecule has 1 amide bonds. The standard InChI is InChI=1S/C18H23NO2/c1-21-14-6-5-13-10-17-15-4-2-3-7-18(15,16(13)11-14)8-9-19(17)12-20/h5-6,11-12,15,17H,2-4,7-10H2,1H3. The molecule has 0 radical (unpaired) electrons. The summed E-state index contributed by atoms with van der Waals surface area (Å²) in [5.41, 5.74) is 3.25. The highest BCUT2D eigenvalue weighted by Crippen LogP contribution is 2.55. The molecule has 3 unspecified atom stereocenters. The normalized spacial score (nSPS) is 33.9. The van der Waals surface area contributed by atoms with E-state index in [1.165, 1.54) is 36.8 Å². The summed E-state index contributed by atoms with van der Waals surface area (Å²) in [6, 6.07) is 6.99. The second-order valence-electron chi connectivity index (χ2n) is 6.90. The molecule has 1 saturated heterocycles. The van der Waals surface area contributed by atoms with Crippen molar-refractivity contribution < 1.29 is 9.53 Å². The molecule has 2 fully saturated rings. The lowest BCUT2D eigenvalue weighted by molar-refractivity contribution is -0.126. The Bertz CT molecular complexity index is 570. The summed E-state index contributed by atoms with van der Waals surface area (Å²) in [5, 5.41) is 0. The Balaban J connectivity index is 1.87. The summed E-state index contributed by atoms with van der Waals surface area (Å²) in [4.78, 5) is 13.5. The molecule has 4 rings (SSSR count). The van der Waals surface area contributed by atoms with E-state index in [0.29, 0.717) is 17.4 Å². The summed E-state index contributed by atoms with van der Waals surface area (Å²) in [7, 11) is 1.75. The van der Waals surface area contributed by atoms with E-state index in [4.69, 9.17) is 4.74 Å². The topological polar surface area (TPSA) is 29.5 Å². The number of piperidine rings is 1. The highest BCUT2D eigenvalue weighted by molar-refractivity contribution is 5.52. The van der Waals surface area contributed by atoms with Gasteiger partial charge in [-0.25, -0.2) is 0 Å². The minimum atomic E-state index is 0.296. The average Bonchev–Trinajstić information content (AvgIpc) is 2.54. The summed E-state index contributed by atoms with van der Waals surface area (Å²) in [6.07, 6.45) is 8.40. The fourth-order valence-corrected chi connectivity index (χ4v) is 5.27. The molecule has 3 aliphatic rings. The molecule has 3 heteroatoms. The quantitative estimate of drug-likeness (QED) is 0.782. The van der Waals surface area contributed by atoms with Crippen LogP contribution < -0.4 is 4.74 Å². The Labute approximate surface area is 126 Å². The van der Waals surface area contributed by atoms with Crippen molar-refractivity contribution in [1.82, 2.24) is 4.90 Å². The molecule has 3 atom stereocenters. The van der Waals surface area contributed by atoms with Gasteiger partial charge < -0.3 is 9.64 Å². The number of carbonyl (C=O) groups is 1. The van der Waals surface area contributed by atoms with Crippen LogP contribution in [0.2, 0.25) is 0 Å². The lowest BCUT2D eigenvalue weighted by Gasteiger charge is -2.58. The molecule has 1 saturated carbocycles. The van der Waals surface area contributed by atoms with Crippen LogP contribution in [0.5, 0.6) is 5.75 Å². The Kier molecular flexibility index (Phi) is 2.98. The molecule has 1 heterocycles. The predicted octanol–water partition coefficient (Wildman–Crippen LogP) is 2.91. The van der Waals surface area contributed by atoms with Crippen molar-refractivity contribution in [2.45, 2.75) is 50.0 Å². The van der Waals surface area contributed by atoms with Gasteiger partial charge in [-0.3, -0.25) is 4.79 Å². The number of rotatable bonds is 2. The number of nitrogens with zero attached hydrogens (tertiary/aromatic N) is 1. The lowest BCUT2D eigenvalue weighted by atomic mass is 9.52. The number of methoxy groups -OCH3 is 1. The number of likely N-dealkylation sites (tertiary alicyclic amines) is 1. The van der Waals surface area contributed by atoms with E-state index < -0.39 is 0 Å². The average molecular weight is 285 g/mol. The third-order valence-corrected chi connectivity index (χ3v) is 6.22. The minimum Gasteiger partial charge on any atom is -0.497 e. The maximum Gasteiger partial charge on any atom is 0.209 e. The van der Waals surface area contributed by atoms with E-state index in [0.717, 1.165) is 31.5 Å². The molecule has 1 aromatic carbocycles. The number of hydrogen-bond acceptors (Lipinski definition) is 2. The first-order chi connectivity index (χ1) is 10.3. The molecule has 2 aliphatic carbocycles. The Morgan fingerprint density at radius 2 is 2.24 bits per heavy atom. The van der Waals surface area contributed by atoms with Crippen LogP contribution in [0.1, 0.15) is 43.2 Å². The van der Waals surface area contributed by atoms with Crippen LogP contribution in [0.25, 0.3) is 0 Å². The number of benzene rings is 1. The van der Waals surface area contributed by atoms with Gasteiger partial charge in [0.15, 0.2) is 0 Å². The van der Waals surface area contributed by atoms with Gasteiger partial charge in [0.1, 0.15) is 5.75 Å². The van der Waals surface area contributed by atoms with E-state index in [9.17, 15) is 4.79 Å². The van der Waals surface area contributed by atoms with Crippen LogP contribution in [-0.2, 0) is 16.6 Å². The van der Waals surface area contributed by atoms with Crippen LogP contribution in [-0.4, -0.2) is 31.0 Å². The Morgan fingerprint density at radius 3 is 3.05 bits per heavy atom. The number of fused-ring (bicyclic) bond motifs is 1. The second-order valence-corrected chi connectivity index (χ2v) is 6.90. The zero-order chi connectivity index (χ0) is 14.4. The molecular weight excluding hydrogens is 262 g/mol. The summed E-state index contributed by atoms with van der Waals surface area (Å²) in [5.74, 6) is 1.62. The summed E-state index contributed by atoms with van der Waals surface area (Å²) < 4.78 is 5.47. The van der Waals surface area contributed by atoms with Crippen LogP contribution in [0.3, 0.4) is 0 Å². The smallest absolute Gasteiger partial charge is 0.209 e. The minimum absolute atomic E-state index is 0.296.